The van der Waals surface area contributed by atoms with E-state index in [1.807, 2.05) is 6.07 Å². The normalized spacial score (nSPS) is 13.6. The number of carboxylic acids is 1. The van der Waals surface area contributed by atoms with Crippen molar-refractivity contribution < 1.29 is 39.0 Å². The minimum Gasteiger partial charge on any atom is -0.508 e. The topological polar surface area (TPSA) is 257 Å². The van der Waals surface area contributed by atoms with Gasteiger partial charge in [-0.3, -0.25) is 24.0 Å². The van der Waals surface area contributed by atoms with Gasteiger partial charge < -0.3 is 43.4 Å². The van der Waals surface area contributed by atoms with Crippen LogP contribution in [0.25, 0.3) is 0 Å². The Kier molecular flexibility index (Phi) is 12.2. The lowest BCUT2D eigenvalue weighted by Crippen LogP contribution is -2.58. The summed E-state index contributed by atoms with van der Waals surface area (Å²) in [7, 11) is 0. The Hall–Kier alpha value is -4.98. The van der Waals surface area contributed by atoms with Crippen LogP contribution in [0.2, 0.25) is 0 Å². The van der Waals surface area contributed by atoms with Gasteiger partial charge in [-0.25, -0.2) is 4.79 Å². The zero-order chi connectivity index (χ0) is 30.5. The maximum atomic E-state index is 13.3. The van der Waals surface area contributed by atoms with E-state index < -0.39 is 66.1 Å². The molecule has 0 aliphatic carbocycles. The summed E-state index contributed by atoms with van der Waals surface area (Å²) in [6, 6.07) is 9.31. The summed E-state index contributed by atoms with van der Waals surface area (Å²) in [6.45, 7) is 0. The van der Waals surface area contributed by atoms with Gasteiger partial charge in [0.05, 0.1) is 12.5 Å². The Bertz CT molecular complexity index is 1240. The van der Waals surface area contributed by atoms with Crippen LogP contribution < -0.4 is 33.2 Å². The highest BCUT2D eigenvalue weighted by Crippen LogP contribution is 2.12. The van der Waals surface area contributed by atoms with E-state index >= 15 is 0 Å². The number of amides is 5. The first-order valence-electron chi connectivity index (χ1n) is 12.6. The summed E-state index contributed by atoms with van der Waals surface area (Å²) in [5, 5.41) is 26.0. The van der Waals surface area contributed by atoms with Crippen molar-refractivity contribution in [3.8, 4) is 5.75 Å². The second-order valence-electron chi connectivity index (χ2n) is 9.36. The van der Waals surface area contributed by atoms with Crippen molar-refractivity contribution >= 4 is 35.5 Å². The van der Waals surface area contributed by atoms with Gasteiger partial charge >= 0.3 is 5.97 Å². The molecular weight excluding hydrogens is 536 g/mol. The zero-order valence-corrected chi connectivity index (χ0v) is 22.1. The molecular formula is C27H34N6O8. The maximum Gasteiger partial charge on any atom is 0.326 e. The van der Waals surface area contributed by atoms with Crippen LogP contribution in [0.1, 0.15) is 30.4 Å². The van der Waals surface area contributed by atoms with E-state index in [9.17, 15) is 39.0 Å². The van der Waals surface area contributed by atoms with E-state index in [1.54, 1.807) is 24.3 Å². The predicted octanol–water partition coefficient (Wildman–Crippen LogP) is -1.82. The van der Waals surface area contributed by atoms with Gasteiger partial charge in [-0.1, -0.05) is 42.5 Å². The summed E-state index contributed by atoms with van der Waals surface area (Å²) < 4.78 is 0. The van der Waals surface area contributed by atoms with E-state index in [-0.39, 0.29) is 31.4 Å². The molecule has 41 heavy (non-hydrogen) atoms. The van der Waals surface area contributed by atoms with Gasteiger partial charge in [-0.2, -0.15) is 0 Å². The molecule has 0 fully saturated rings. The number of carbonyl (C=O) groups excluding carboxylic acids is 5. The average Bonchev–Trinajstić information content (AvgIpc) is 2.91. The van der Waals surface area contributed by atoms with Crippen LogP contribution in [0.4, 0.5) is 0 Å². The standard InChI is InChI=1S/C27H34N6O8/c28-18(12-15-4-2-1-3-5-15)24(37)32-20(13-16-6-8-17(34)9-7-16)25(38)33-21(14-23(30)36)26(39)31-19(27(40)41)10-11-22(29)35/h1-9,18-21,34H,10-14,28H2,(H2,29,35)(H2,30,36)(H,31,39)(H,32,37)(H,33,38)(H,40,41). The van der Waals surface area contributed by atoms with Crippen LogP contribution in [0.5, 0.6) is 5.75 Å². The molecule has 11 N–H and O–H groups in total. The number of benzene rings is 2. The van der Waals surface area contributed by atoms with Crippen molar-refractivity contribution in [1.29, 1.82) is 0 Å². The molecule has 14 heteroatoms. The highest BCUT2D eigenvalue weighted by molar-refractivity contribution is 5.96. The molecule has 0 saturated carbocycles. The largest absolute Gasteiger partial charge is 0.508 e. The molecule has 0 spiro atoms. The van der Waals surface area contributed by atoms with E-state index in [0.29, 0.717) is 5.56 Å². The van der Waals surface area contributed by atoms with Crippen molar-refractivity contribution in [2.75, 3.05) is 0 Å². The minimum absolute atomic E-state index is 0.0221. The smallest absolute Gasteiger partial charge is 0.326 e. The van der Waals surface area contributed by atoms with Crippen molar-refractivity contribution in [2.45, 2.75) is 56.3 Å². The number of phenols is 1. The van der Waals surface area contributed by atoms with Gasteiger partial charge in [0.1, 0.15) is 23.9 Å². The fraction of sp³-hybridized carbons (Fsp3) is 0.333. The van der Waals surface area contributed by atoms with Crippen LogP contribution in [0.3, 0.4) is 0 Å². The molecule has 0 aromatic heterocycles. The van der Waals surface area contributed by atoms with E-state index in [2.05, 4.69) is 16.0 Å². The molecule has 4 unspecified atom stereocenters. The number of nitrogens with two attached hydrogens (primary N) is 3. The summed E-state index contributed by atoms with van der Waals surface area (Å²) in [4.78, 5) is 73.4. The van der Waals surface area contributed by atoms with Gasteiger partial charge in [0.25, 0.3) is 0 Å². The third-order valence-corrected chi connectivity index (χ3v) is 5.98. The number of rotatable bonds is 16. The third kappa shape index (κ3) is 11.3. The first-order chi connectivity index (χ1) is 19.3. The number of primary amides is 2. The third-order valence-electron chi connectivity index (χ3n) is 5.98. The molecule has 0 bridgehead atoms. The molecule has 14 nitrogen and oxygen atoms in total. The van der Waals surface area contributed by atoms with E-state index in [1.165, 1.54) is 24.3 Å². The Labute approximate surface area is 235 Å². The molecule has 2 aromatic rings. The summed E-state index contributed by atoms with van der Waals surface area (Å²) in [5.74, 6) is -5.85. The van der Waals surface area contributed by atoms with Gasteiger partial charge in [-0.05, 0) is 36.1 Å². The SMILES string of the molecule is NC(=O)CCC(NC(=O)C(CC(N)=O)NC(=O)C(Cc1ccc(O)cc1)NC(=O)C(N)Cc1ccccc1)C(=O)O. The van der Waals surface area contributed by atoms with Crippen molar-refractivity contribution in [1.82, 2.24) is 16.0 Å². The van der Waals surface area contributed by atoms with Crippen LogP contribution >= 0.6 is 0 Å². The van der Waals surface area contributed by atoms with Crippen LogP contribution in [0.15, 0.2) is 54.6 Å². The molecule has 0 aliphatic heterocycles. The van der Waals surface area contributed by atoms with Crippen molar-refractivity contribution in [2.24, 2.45) is 17.2 Å². The van der Waals surface area contributed by atoms with Crippen LogP contribution in [0, 0.1) is 0 Å². The van der Waals surface area contributed by atoms with Crippen LogP contribution in [-0.4, -0.2) is 69.9 Å². The molecule has 220 valence electrons. The van der Waals surface area contributed by atoms with Crippen molar-refractivity contribution in [3.63, 3.8) is 0 Å². The first kappa shape index (κ1) is 32.2. The lowest BCUT2D eigenvalue weighted by molar-refractivity contribution is -0.142. The Morgan fingerprint density at radius 3 is 1.78 bits per heavy atom. The number of hydrogen-bond donors (Lipinski definition) is 8. The Balaban J connectivity index is 2.23. The molecule has 4 atom stereocenters. The number of hydrogen-bond acceptors (Lipinski definition) is 8. The monoisotopic (exact) mass is 570 g/mol. The minimum atomic E-state index is -1.60. The molecule has 0 radical (unpaired) electrons. The second kappa shape index (κ2) is 15.6. The second-order valence-corrected chi connectivity index (χ2v) is 9.36. The van der Waals surface area contributed by atoms with Crippen molar-refractivity contribution in [3.05, 3.63) is 65.7 Å². The highest BCUT2D eigenvalue weighted by atomic mass is 16.4. The molecule has 2 rings (SSSR count). The summed E-state index contributed by atoms with van der Waals surface area (Å²) in [5.41, 5.74) is 17.7. The van der Waals surface area contributed by atoms with E-state index in [4.69, 9.17) is 17.2 Å². The first-order valence-corrected chi connectivity index (χ1v) is 12.6. The number of aromatic hydroxyl groups is 1. The number of aliphatic carboxylic acids is 1. The molecule has 0 saturated heterocycles. The van der Waals surface area contributed by atoms with Crippen LogP contribution in [-0.2, 0) is 41.6 Å². The lowest BCUT2D eigenvalue weighted by Gasteiger charge is -2.25. The Morgan fingerprint density at radius 1 is 0.683 bits per heavy atom. The summed E-state index contributed by atoms with van der Waals surface area (Å²) >= 11 is 0. The predicted molar refractivity (Wildman–Crippen MR) is 146 cm³/mol. The average molecular weight is 571 g/mol. The number of nitrogens with one attached hydrogen (secondary N) is 3. The summed E-state index contributed by atoms with van der Waals surface area (Å²) in [6.07, 6.45) is -1.26. The maximum absolute atomic E-state index is 13.3. The fourth-order valence-electron chi connectivity index (χ4n) is 3.82. The number of phenolic OH excluding ortho intramolecular Hbond substituents is 1. The lowest BCUT2D eigenvalue weighted by atomic mass is 10.0. The highest BCUT2D eigenvalue weighted by Gasteiger charge is 2.31. The van der Waals surface area contributed by atoms with Gasteiger partial charge in [0.15, 0.2) is 0 Å². The van der Waals surface area contributed by atoms with Gasteiger partial charge in [0, 0.05) is 12.8 Å². The van der Waals surface area contributed by atoms with E-state index in [0.717, 1.165) is 5.56 Å². The molecule has 0 aliphatic rings. The zero-order valence-electron chi connectivity index (χ0n) is 22.1. The van der Waals surface area contributed by atoms with Gasteiger partial charge in [0.2, 0.25) is 29.5 Å². The fourth-order valence-corrected chi connectivity index (χ4v) is 3.82. The quantitative estimate of drug-likeness (QED) is 0.113. The molecule has 2 aromatic carbocycles. The molecule has 5 amide bonds. The Morgan fingerprint density at radius 2 is 1.22 bits per heavy atom. The molecule has 0 heterocycles. The van der Waals surface area contributed by atoms with Gasteiger partial charge in [-0.15, -0.1) is 0 Å². The number of carboxylic acid groups (broad SMARTS) is 1. The number of carbonyl (C=O) groups is 6.